The van der Waals surface area contributed by atoms with Crippen LogP contribution in [0.2, 0.25) is 0 Å². The first-order chi connectivity index (χ1) is 7.97. The van der Waals surface area contributed by atoms with Gasteiger partial charge in [0.15, 0.2) is 5.69 Å². The molecule has 102 valence electrons. The molecule has 1 saturated carbocycles. The van der Waals surface area contributed by atoms with Crippen LogP contribution in [0.4, 0.5) is 19.0 Å². The second-order valence-electron chi connectivity index (χ2n) is 4.13. The monoisotopic (exact) mass is 282 g/mol. The molecule has 1 aromatic heterocycles. The lowest BCUT2D eigenvalue weighted by Crippen LogP contribution is -2.35. The van der Waals surface area contributed by atoms with Crippen molar-refractivity contribution in [2.45, 2.75) is 37.5 Å². The van der Waals surface area contributed by atoms with Crippen molar-refractivity contribution in [3.05, 3.63) is 18.1 Å². The van der Waals surface area contributed by atoms with E-state index in [2.05, 4.69) is 15.3 Å². The Morgan fingerprint density at radius 2 is 1.94 bits per heavy atom. The molecule has 0 bridgehead atoms. The minimum Gasteiger partial charge on any atom is -0.365 e. The molecule has 1 aromatic rings. The van der Waals surface area contributed by atoms with E-state index in [0.29, 0.717) is 5.82 Å². The molecule has 2 atom stereocenters. The van der Waals surface area contributed by atoms with Crippen LogP contribution in [0.15, 0.2) is 12.4 Å². The van der Waals surface area contributed by atoms with Gasteiger partial charge >= 0.3 is 6.18 Å². The zero-order chi connectivity index (χ0) is 12.5. The number of nitrogens with zero attached hydrogens (tertiary/aromatic N) is 2. The molecule has 4 nitrogen and oxygen atoms in total. The number of rotatable bonds is 2. The molecule has 1 heterocycles. The molecule has 0 spiro atoms. The van der Waals surface area contributed by atoms with E-state index in [0.717, 1.165) is 31.7 Å². The number of alkyl halides is 3. The summed E-state index contributed by atoms with van der Waals surface area (Å²) in [6, 6.07) is 0.0973. The fraction of sp³-hybridized carbons (Fsp3) is 0.600. The van der Waals surface area contributed by atoms with Crippen LogP contribution in [0.1, 0.15) is 25.0 Å². The number of hydrogen-bond acceptors (Lipinski definition) is 4. The van der Waals surface area contributed by atoms with Gasteiger partial charge in [0.25, 0.3) is 0 Å². The topological polar surface area (TPSA) is 63.8 Å². The number of nitrogens with one attached hydrogen (secondary N) is 1. The van der Waals surface area contributed by atoms with Crippen LogP contribution in [-0.4, -0.2) is 22.1 Å². The summed E-state index contributed by atoms with van der Waals surface area (Å²) in [5.74, 6) is 0.334. The molecule has 0 saturated heterocycles. The minimum absolute atomic E-state index is 0. The average Bonchev–Trinajstić information content (AvgIpc) is 2.64. The lowest BCUT2D eigenvalue weighted by molar-refractivity contribution is -0.141. The summed E-state index contributed by atoms with van der Waals surface area (Å²) in [7, 11) is 0. The zero-order valence-electron chi connectivity index (χ0n) is 9.44. The molecule has 0 aromatic carbocycles. The van der Waals surface area contributed by atoms with Crippen LogP contribution in [0.5, 0.6) is 0 Å². The van der Waals surface area contributed by atoms with Crippen LogP contribution in [-0.2, 0) is 6.18 Å². The quantitative estimate of drug-likeness (QED) is 0.873. The third kappa shape index (κ3) is 3.46. The molecule has 1 fully saturated rings. The van der Waals surface area contributed by atoms with E-state index in [9.17, 15) is 13.2 Å². The minimum atomic E-state index is -4.45. The van der Waals surface area contributed by atoms with Crippen LogP contribution in [0.25, 0.3) is 0 Å². The van der Waals surface area contributed by atoms with Gasteiger partial charge in [0.1, 0.15) is 5.82 Å². The van der Waals surface area contributed by atoms with E-state index in [-0.39, 0.29) is 24.5 Å². The molecule has 1 aliphatic carbocycles. The third-order valence-electron chi connectivity index (χ3n) is 2.84. The summed E-state index contributed by atoms with van der Waals surface area (Å²) in [5.41, 5.74) is 4.85. The van der Waals surface area contributed by atoms with Crippen molar-refractivity contribution in [2.75, 3.05) is 5.32 Å². The molecule has 0 unspecified atom stereocenters. The van der Waals surface area contributed by atoms with E-state index < -0.39 is 11.9 Å². The van der Waals surface area contributed by atoms with Crippen molar-refractivity contribution in [3.8, 4) is 0 Å². The van der Waals surface area contributed by atoms with E-state index in [1.54, 1.807) is 0 Å². The normalized spacial score (nSPS) is 23.6. The highest BCUT2D eigenvalue weighted by atomic mass is 35.5. The van der Waals surface area contributed by atoms with Gasteiger partial charge in [-0.2, -0.15) is 13.2 Å². The number of hydrogen-bond donors (Lipinski definition) is 2. The Hall–Kier alpha value is -1.08. The van der Waals surface area contributed by atoms with Crippen molar-refractivity contribution < 1.29 is 13.2 Å². The van der Waals surface area contributed by atoms with Gasteiger partial charge in [0, 0.05) is 12.1 Å². The second kappa shape index (κ2) is 5.71. The molecule has 1 aliphatic rings. The van der Waals surface area contributed by atoms with Gasteiger partial charge in [0.2, 0.25) is 0 Å². The summed E-state index contributed by atoms with van der Waals surface area (Å²) < 4.78 is 36.7. The Morgan fingerprint density at radius 3 is 2.39 bits per heavy atom. The molecular formula is C10H14ClF3N4. The third-order valence-corrected chi connectivity index (χ3v) is 2.84. The SMILES string of the molecule is Cl.N[C@H]1CCC[C@@H]1Nc1cnc(C(F)(F)F)cn1. The Labute approximate surface area is 109 Å². The maximum Gasteiger partial charge on any atom is 0.434 e. The van der Waals surface area contributed by atoms with Crippen LogP contribution in [0.3, 0.4) is 0 Å². The van der Waals surface area contributed by atoms with Gasteiger partial charge in [0.05, 0.1) is 12.4 Å². The fourth-order valence-corrected chi connectivity index (χ4v) is 1.91. The zero-order valence-corrected chi connectivity index (χ0v) is 10.3. The highest BCUT2D eigenvalue weighted by Gasteiger charge is 2.33. The number of nitrogens with two attached hydrogens (primary N) is 1. The van der Waals surface area contributed by atoms with E-state index in [1.165, 1.54) is 0 Å². The summed E-state index contributed by atoms with van der Waals surface area (Å²) in [5, 5.41) is 3.00. The molecule has 8 heteroatoms. The first kappa shape index (κ1) is 15.0. The number of halogens is 4. The van der Waals surface area contributed by atoms with Crippen molar-refractivity contribution in [1.82, 2.24) is 9.97 Å². The number of aromatic nitrogens is 2. The summed E-state index contributed by atoms with van der Waals surface area (Å²) in [6.07, 6.45) is 0.217. The van der Waals surface area contributed by atoms with Crippen molar-refractivity contribution in [3.63, 3.8) is 0 Å². The second-order valence-corrected chi connectivity index (χ2v) is 4.13. The van der Waals surface area contributed by atoms with E-state index >= 15 is 0 Å². The highest BCUT2D eigenvalue weighted by Crippen LogP contribution is 2.27. The smallest absolute Gasteiger partial charge is 0.365 e. The largest absolute Gasteiger partial charge is 0.434 e. The lowest BCUT2D eigenvalue weighted by atomic mass is 10.2. The molecular weight excluding hydrogens is 269 g/mol. The molecule has 0 aliphatic heterocycles. The van der Waals surface area contributed by atoms with Gasteiger partial charge in [-0.15, -0.1) is 12.4 Å². The molecule has 0 amide bonds. The molecule has 0 radical (unpaired) electrons. The predicted octanol–water partition coefficient (Wildman–Crippen LogP) is 2.21. The van der Waals surface area contributed by atoms with Crippen molar-refractivity contribution in [2.24, 2.45) is 5.73 Å². The summed E-state index contributed by atoms with van der Waals surface area (Å²) in [6.45, 7) is 0. The Balaban J connectivity index is 0.00000162. The van der Waals surface area contributed by atoms with Gasteiger partial charge < -0.3 is 11.1 Å². The summed E-state index contributed by atoms with van der Waals surface area (Å²) >= 11 is 0. The number of anilines is 1. The predicted molar refractivity (Wildman–Crippen MR) is 63.5 cm³/mol. The first-order valence-electron chi connectivity index (χ1n) is 5.38. The summed E-state index contributed by atoms with van der Waals surface area (Å²) in [4.78, 5) is 7.02. The van der Waals surface area contributed by atoms with Crippen LogP contribution >= 0.6 is 12.4 Å². The Kier molecular flexibility index (Phi) is 4.75. The Bertz CT molecular complexity index is 382. The maximum atomic E-state index is 12.2. The van der Waals surface area contributed by atoms with Crippen LogP contribution < -0.4 is 11.1 Å². The first-order valence-corrected chi connectivity index (χ1v) is 5.38. The van der Waals surface area contributed by atoms with Gasteiger partial charge in [-0.25, -0.2) is 9.97 Å². The van der Waals surface area contributed by atoms with E-state index in [4.69, 9.17) is 5.73 Å². The molecule has 2 rings (SSSR count). The lowest BCUT2D eigenvalue weighted by Gasteiger charge is -2.17. The highest BCUT2D eigenvalue weighted by molar-refractivity contribution is 5.85. The van der Waals surface area contributed by atoms with Gasteiger partial charge in [-0.3, -0.25) is 0 Å². The van der Waals surface area contributed by atoms with Crippen molar-refractivity contribution in [1.29, 1.82) is 0 Å². The van der Waals surface area contributed by atoms with Gasteiger partial charge in [-0.1, -0.05) is 0 Å². The van der Waals surface area contributed by atoms with Gasteiger partial charge in [-0.05, 0) is 19.3 Å². The molecule has 18 heavy (non-hydrogen) atoms. The standard InChI is InChI=1S/C10H13F3N4.ClH/c11-10(12,13)8-4-16-9(5-15-8)17-7-3-1-2-6(7)14;/h4-7H,1-3,14H2,(H,16,17);1H/t6-,7-;/m0./s1. The Morgan fingerprint density at radius 1 is 1.22 bits per heavy atom. The van der Waals surface area contributed by atoms with Crippen LogP contribution in [0, 0.1) is 0 Å². The molecule has 3 N–H and O–H groups in total. The average molecular weight is 283 g/mol. The van der Waals surface area contributed by atoms with E-state index in [1.807, 2.05) is 0 Å². The maximum absolute atomic E-state index is 12.2. The van der Waals surface area contributed by atoms with Crippen molar-refractivity contribution >= 4 is 18.2 Å². The fourth-order valence-electron chi connectivity index (χ4n) is 1.91.